The van der Waals surface area contributed by atoms with Crippen molar-refractivity contribution in [2.24, 2.45) is 5.73 Å². The molecule has 3 rings (SSSR count). The molecule has 1 saturated heterocycles. The number of hydrogen-bond donors (Lipinski definition) is 1. The molecule has 0 aliphatic carbocycles. The van der Waals surface area contributed by atoms with E-state index in [0.29, 0.717) is 17.9 Å². The average Bonchev–Trinajstić information content (AvgIpc) is 2.76. The van der Waals surface area contributed by atoms with E-state index in [1.54, 1.807) is 18.3 Å². The highest BCUT2D eigenvalue weighted by atomic mass is 16.6. The van der Waals surface area contributed by atoms with Gasteiger partial charge in [-0.05, 0) is 30.4 Å². The van der Waals surface area contributed by atoms with E-state index in [1.807, 2.05) is 6.07 Å². The normalized spacial score (nSPS) is 20.4. The number of fused-ring (bicyclic) bond motifs is 1. The highest BCUT2D eigenvalue weighted by Gasteiger charge is 2.25. The first-order valence-electron chi connectivity index (χ1n) is 6.73. The van der Waals surface area contributed by atoms with Crippen molar-refractivity contribution in [2.45, 2.75) is 25.4 Å². The molecule has 0 spiro atoms. The fraction of sp³-hybridized carbons (Fsp3) is 0.462. The average molecular weight is 275 g/mol. The Bertz CT molecular complexity index is 639. The number of rotatable bonds is 3. The fourth-order valence-electron chi connectivity index (χ4n) is 2.78. The fourth-order valence-corrected chi connectivity index (χ4v) is 2.78. The van der Waals surface area contributed by atoms with Crippen molar-refractivity contribution in [1.29, 1.82) is 0 Å². The maximum absolute atomic E-state index is 11.3. The predicted octanol–water partition coefficient (Wildman–Crippen LogP) is 1.17. The number of nitro groups is 1. The van der Waals surface area contributed by atoms with Crippen LogP contribution in [0, 0.1) is 10.1 Å². The first-order chi connectivity index (χ1) is 9.65. The van der Waals surface area contributed by atoms with Gasteiger partial charge in [-0.2, -0.15) is 4.40 Å². The van der Waals surface area contributed by atoms with Gasteiger partial charge in [-0.25, -0.2) is 4.98 Å². The summed E-state index contributed by atoms with van der Waals surface area (Å²) in [6, 6.07) is 5.52. The molecule has 1 unspecified atom stereocenters. The van der Waals surface area contributed by atoms with E-state index in [2.05, 4.69) is 9.88 Å². The Hall–Kier alpha value is -1.99. The van der Waals surface area contributed by atoms with Crippen LogP contribution in [-0.4, -0.2) is 38.3 Å². The molecule has 1 aliphatic heterocycles. The summed E-state index contributed by atoms with van der Waals surface area (Å²) in [4.78, 5) is 17.5. The standard InChI is InChI=1S/C13H17N5O2/c14-10-4-3-6-16(8-10)9-11-13(18(19)20)17-7-2-1-5-12(17)15-11/h1-2,5,7,10H,3-4,6,8-9,14H2. The molecule has 0 aromatic carbocycles. The Morgan fingerprint density at radius 1 is 1.50 bits per heavy atom. The summed E-state index contributed by atoms with van der Waals surface area (Å²) in [6.07, 6.45) is 3.72. The number of imidazole rings is 1. The van der Waals surface area contributed by atoms with Crippen LogP contribution in [0.25, 0.3) is 5.65 Å². The van der Waals surface area contributed by atoms with Gasteiger partial charge in [0, 0.05) is 25.2 Å². The van der Waals surface area contributed by atoms with Crippen LogP contribution in [0.5, 0.6) is 0 Å². The molecule has 2 aromatic heterocycles. The van der Waals surface area contributed by atoms with Gasteiger partial charge in [0.1, 0.15) is 0 Å². The molecule has 1 aliphatic rings. The molecule has 0 bridgehead atoms. The van der Waals surface area contributed by atoms with Crippen LogP contribution in [0.3, 0.4) is 0 Å². The molecule has 3 heterocycles. The smallest absolute Gasteiger partial charge is 0.352 e. The second-order valence-corrected chi connectivity index (χ2v) is 5.21. The molecule has 0 saturated carbocycles. The molecule has 0 amide bonds. The zero-order valence-corrected chi connectivity index (χ0v) is 11.1. The Labute approximate surface area is 116 Å². The minimum atomic E-state index is -0.362. The van der Waals surface area contributed by atoms with Crippen molar-refractivity contribution in [2.75, 3.05) is 13.1 Å². The van der Waals surface area contributed by atoms with Crippen molar-refractivity contribution in [3.05, 3.63) is 40.2 Å². The molecule has 0 radical (unpaired) electrons. The largest absolute Gasteiger partial charge is 0.358 e. The van der Waals surface area contributed by atoms with Crippen LogP contribution in [0.4, 0.5) is 5.82 Å². The lowest BCUT2D eigenvalue weighted by atomic mass is 10.1. The van der Waals surface area contributed by atoms with E-state index < -0.39 is 0 Å². The Morgan fingerprint density at radius 3 is 3.10 bits per heavy atom. The molecule has 2 aromatic rings. The Kier molecular flexibility index (Phi) is 3.37. The molecule has 2 N–H and O–H groups in total. The zero-order valence-electron chi connectivity index (χ0n) is 11.1. The van der Waals surface area contributed by atoms with Crippen LogP contribution in [0.1, 0.15) is 18.5 Å². The summed E-state index contributed by atoms with van der Waals surface area (Å²) in [7, 11) is 0. The number of nitrogens with zero attached hydrogens (tertiary/aromatic N) is 4. The topological polar surface area (TPSA) is 89.7 Å². The molecular formula is C13H17N5O2. The number of hydrogen-bond acceptors (Lipinski definition) is 5. The van der Waals surface area contributed by atoms with Gasteiger partial charge in [-0.15, -0.1) is 0 Å². The van der Waals surface area contributed by atoms with Gasteiger partial charge in [-0.1, -0.05) is 6.07 Å². The quantitative estimate of drug-likeness (QED) is 0.670. The first-order valence-corrected chi connectivity index (χ1v) is 6.73. The molecule has 7 heteroatoms. The van der Waals surface area contributed by atoms with Crippen molar-refractivity contribution in [3.8, 4) is 0 Å². The van der Waals surface area contributed by atoms with E-state index in [-0.39, 0.29) is 16.8 Å². The number of piperidine rings is 1. The van der Waals surface area contributed by atoms with Crippen molar-refractivity contribution in [3.63, 3.8) is 0 Å². The summed E-state index contributed by atoms with van der Waals surface area (Å²) >= 11 is 0. The molecular weight excluding hydrogens is 258 g/mol. The maximum Gasteiger partial charge on any atom is 0.352 e. The highest BCUT2D eigenvalue weighted by Crippen LogP contribution is 2.23. The highest BCUT2D eigenvalue weighted by molar-refractivity contribution is 5.48. The second kappa shape index (κ2) is 5.18. The monoisotopic (exact) mass is 275 g/mol. The van der Waals surface area contributed by atoms with Gasteiger partial charge in [0.2, 0.25) is 5.65 Å². The predicted molar refractivity (Wildman–Crippen MR) is 74.3 cm³/mol. The van der Waals surface area contributed by atoms with Gasteiger partial charge in [0.15, 0.2) is 5.69 Å². The van der Waals surface area contributed by atoms with Crippen LogP contribution in [0.2, 0.25) is 0 Å². The SMILES string of the molecule is NC1CCCN(Cc2nc3ccccn3c2[N+](=O)[O-])C1. The number of likely N-dealkylation sites (tertiary alicyclic amines) is 1. The van der Waals surface area contributed by atoms with Crippen molar-refractivity contribution >= 4 is 11.5 Å². The van der Waals surface area contributed by atoms with Crippen LogP contribution in [0.15, 0.2) is 24.4 Å². The number of pyridine rings is 1. The third kappa shape index (κ3) is 2.37. The van der Waals surface area contributed by atoms with E-state index >= 15 is 0 Å². The number of nitrogens with two attached hydrogens (primary N) is 1. The zero-order chi connectivity index (χ0) is 14.1. The molecule has 1 fully saturated rings. The van der Waals surface area contributed by atoms with Crippen LogP contribution >= 0.6 is 0 Å². The molecule has 20 heavy (non-hydrogen) atoms. The van der Waals surface area contributed by atoms with E-state index in [4.69, 9.17) is 5.73 Å². The summed E-state index contributed by atoms with van der Waals surface area (Å²) in [5.41, 5.74) is 7.07. The summed E-state index contributed by atoms with van der Waals surface area (Å²) in [6.45, 7) is 2.16. The maximum atomic E-state index is 11.3. The van der Waals surface area contributed by atoms with Crippen LogP contribution in [-0.2, 0) is 6.54 Å². The van der Waals surface area contributed by atoms with Gasteiger partial charge in [0.05, 0.1) is 6.20 Å². The number of aromatic nitrogens is 2. The Balaban J connectivity index is 1.94. The summed E-state index contributed by atoms with van der Waals surface area (Å²) in [5, 5.41) is 11.3. The van der Waals surface area contributed by atoms with Crippen molar-refractivity contribution < 1.29 is 4.92 Å². The lowest BCUT2D eigenvalue weighted by Gasteiger charge is -2.29. The lowest BCUT2D eigenvalue weighted by Crippen LogP contribution is -2.42. The molecule has 1 atom stereocenters. The van der Waals surface area contributed by atoms with Crippen LogP contribution < -0.4 is 5.73 Å². The van der Waals surface area contributed by atoms with Crippen molar-refractivity contribution in [1.82, 2.24) is 14.3 Å². The minimum Gasteiger partial charge on any atom is -0.358 e. The van der Waals surface area contributed by atoms with E-state index in [9.17, 15) is 10.1 Å². The van der Waals surface area contributed by atoms with E-state index in [0.717, 1.165) is 25.9 Å². The lowest BCUT2D eigenvalue weighted by molar-refractivity contribution is -0.391. The van der Waals surface area contributed by atoms with Gasteiger partial charge in [-0.3, -0.25) is 4.90 Å². The summed E-state index contributed by atoms with van der Waals surface area (Å²) in [5.74, 6) is 0.0553. The van der Waals surface area contributed by atoms with Gasteiger partial charge < -0.3 is 15.8 Å². The summed E-state index contributed by atoms with van der Waals surface area (Å²) < 4.78 is 1.53. The first kappa shape index (κ1) is 13.0. The molecule has 106 valence electrons. The van der Waals surface area contributed by atoms with Gasteiger partial charge >= 0.3 is 5.82 Å². The third-order valence-electron chi connectivity index (χ3n) is 3.66. The third-order valence-corrected chi connectivity index (χ3v) is 3.66. The minimum absolute atomic E-state index is 0.0553. The van der Waals surface area contributed by atoms with Gasteiger partial charge in [0.25, 0.3) is 0 Å². The Morgan fingerprint density at radius 2 is 2.35 bits per heavy atom. The second-order valence-electron chi connectivity index (χ2n) is 5.21. The van der Waals surface area contributed by atoms with E-state index in [1.165, 1.54) is 4.40 Å². The molecule has 7 nitrogen and oxygen atoms in total.